The van der Waals surface area contributed by atoms with Crippen molar-refractivity contribution in [2.24, 2.45) is 11.8 Å². The molecule has 2 N–H and O–H groups in total. The summed E-state index contributed by atoms with van der Waals surface area (Å²) in [5.74, 6) is 1.56. The van der Waals surface area contributed by atoms with Crippen LogP contribution in [0.5, 0.6) is 0 Å². The number of anilines is 2. The zero-order valence-electron chi connectivity index (χ0n) is 14.8. The molecule has 1 saturated heterocycles. The van der Waals surface area contributed by atoms with Gasteiger partial charge in [0.1, 0.15) is 5.82 Å². The third kappa shape index (κ3) is 5.22. The molecule has 2 heterocycles. The Kier molecular flexibility index (Phi) is 6.58. The molecular formula is C18H32N4O2. The van der Waals surface area contributed by atoms with Crippen molar-refractivity contribution < 1.29 is 12.4 Å². The molecular weight excluding hydrogens is 304 g/mol. The summed E-state index contributed by atoms with van der Waals surface area (Å²) in [5, 5.41) is 5.83. The van der Waals surface area contributed by atoms with Gasteiger partial charge >= 0.3 is 0 Å². The summed E-state index contributed by atoms with van der Waals surface area (Å²) in [4.78, 5) is 29.7. The number of hydrogen-bond acceptors (Lipinski definition) is 4. The summed E-state index contributed by atoms with van der Waals surface area (Å²) in [5.41, 5.74) is 0.731. The number of rotatable bonds is 6. The van der Waals surface area contributed by atoms with Crippen molar-refractivity contribution >= 4 is 23.3 Å². The van der Waals surface area contributed by atoms with E-state index >= 15 is 0 Å². The molecule has 1 aromatic rings. The van der Waals surface area contributed by atoms with E-state index in [1.165, 1.54) is 0 Å². The molecule has 0 aliphatic carbocycles. The van der Waals surface area contributed by atoms with Gasteiger partial charge in [-0.05, 0) is 30.9 Å². The highest BCUT2D eigenvalue weighted by molar-refractivity contribution is 5.91. The van der Waals surface area contributed by atoms with Gasteiger partial charge in [0.05, 0.1) is 11.9 Å². The van der Waals surface area contributed by atoms with Gasteiger partial charge < -0.3 is 15.5 Å². The molecule has 0 spiro atoms. The second-order valence-electron chi connectivity index (χ2n) is 6.64. The molecule has 1 aliphatic heterocycles. The van der Waals surface area contributed by atoms with Gasteiger partial charge in [0.25, 0.3) is 0 Å². The largest absolute Gasteiger partial charge is 0.357 e. The van der Waals surface area contributed by atoms with Crippen molar-refractivity contribution in [2.45, 2.75) is 40.0 Å². The van der Waals surface area contributed by atoms with E-state index in [0.717, 1.165) is 44.0 Å². The first kappa shape index (κ1) is 18.2. The first-order valence-corrected chi connectivity index (χ1v) is 8.78. The van der Waals surface area contributed by atoms with Gasteiger partial charge in [-0.1, -0.05) is 20.8 Å². The van der Waals surface area contributed by atoms with Crippen LogP contribution >= 0.6 is 0 Å². The fraction of sp³-hybridized carbons (Fsp3) is 0.611. The molecule has 1 aromatic heterocycles. The Labute approximate surface area is 147 Å². The molecule has 24 heavy (non-hydrogen) atoms. The summed E-state index contributed by atoms with van der Waals surface area (Å²) < 4.78 is 0. The van der Waals surface area contributed by atoms with E-state index in [9.17, 15) is 9.59 Å². The summed E-state index contributed by atoms with van der Waals surface area (Å²) in [6, 6.07) is 3.85. The molecule has 1 fully saturated rings. The van der Waals surface area contributed by atoms with Crippen LogP contribution in [0.2, 0.25) is 0 Å². The van der Waals surface area contributed by atoms with Crippen LogP contribution in [0, 0.1) is 11.8 Å². The number of carbonyl (C=O) groups is 2. The average molecular weight is 336 g/mol. The van der Waals surface area contributed by atoms with Crippen molar-refractivity contribution in [3.63, 3.8) is 0 Å². The van der Waals surface area contributed by atoms with Crippen LogP contribution in [0.15, 0.2) is 18.3 Å². The molecule has 0 radical (unpaired) electrons. The van der Waals surface area contributed by atoms with Crippen LogP contribution in [0.3, 0.4) is 0 Å². The van der Waals surface area contributed by atoms with Gasteiger partial charge in [-0.2, -0.15) is 0 Å². The molecule has 0 bridgehead atoms. The number of pyridine rings is 1. The first-order valence-electron chi connectivity index (χ1n) is 8.78. The van der Waals surface area contributed by atoms with Gasteiger partial charge in [0.2, 0.25) is 11.8 Å². The number of nitrogens with one attached hydrogen (secondary N) is 2. The Bertz CT molecular complexity index is 559. The minimum absolute atomic E-state index is 0. The van der Waals surface area contributed by atoms with Crippen molar-refractivity contribution in [1.82, 2.24) is 10.3 Å². The Balaban J connectivity index is 0.00000312. The zero-order valence-corrected chi connectivity index (χ0v) is 14.8. The van der Waals surface area contributed by atoms with E-state index in [4.69, 9.17) is 0 Å². The van der Waals surface area contributed by atoms with Gasteiger partial charge in [0.15, 0.2) is 0 Å². The topological polar surface area (TPSA) is 74.3 Å². The lowest BCUT2D eigenvalue weighted by atomic mass is 9.96. The number of amides is 2. The van der Waals surface area contributed by atoms with Gasteiger partial charge in [-0.15, -0.1) is 0 Å². The van der Waals surface area contributed by atoms with E-state index in [1.54, 1.807) is 6.20 Å². The number of nitrogens with zero attached hydrogens (tertiary/aromatic N) is 2. The predicted octanol–water partition coefficient (Wildman–Crippen LogP) is 2.91. The maximum Gasteiger partial charge on any atom is 0.226 e. The maximum absolute atomic E-state index is 11.7. The lowest BCUT2D eigenvalue weighted by Crippen LogP contribution is -2.38. The van der Waals surface area contributed by atoms with Crippen LogP contribution in [-0.4, -0.2) is 36.4 Å². The molecule has 2 rings (SSSR count). The second kappa shape index (κ2) is 8.66. The average Bonchev–Trinajstić information content (AvgIpc) is 2.60. The van der Waals surface area contributed by atoms with Crippen LogP contribution in [0.25, 0.3) is 0 Å². The van der Waals surface area contributed by atoms with Gasteiger partial charge in [-0.3, -0.25) is 9.59 Å². The van der Waals surface area contributed by atoms with Crippen molar-refractivity contribution in [1.29, 1.82) is 0 Å². The van der Waals surface area contributed by atoms with E-state index < -0.39 is 0 Å². The normalized spacial score (nSPS) is 15.4. The number of aromatic nitrogens is 1. The minimum atomic E-state index is -0.0445. The molecule has 6 heteroatoms. The van der Waals surface area contributed by atoms with Crippen LogP contribution in [-0.2, 0) is 9.59 Å². The molecule has 0 aromatic carbocycles. The highest BCUT2D eigenvalue weighted by Gasteiger charge is 2.20. The fourth-order valence-corrected chi connectivity index (χ4v) is 2.68. The molecule has 1 aliphatic rings. The maximum atomic E-state index is 11.7. The van der Waals surface area contributed by atoms with Crippen molar-refractivity contribution in [3.8, 4) is 0 Å². The highest BCUT2D eigenvalue weighted by atomic mass is 16.2. The molecule has 0 saturated carbocycles. The SMILES string of the molecule is CCC(=O)NCC1CCN(c2ccc(NC(=O)C(C)C)cn2)CC1.[HH].[HH]. The van der Waals surface area contributed by atoms with Crippen LogP contribution in [0.4, 0.5) is 11.5 Å². The summed E-state index contributed by atoms with van der Waals surface area (Å²) >= 11 is 0. The van der Waals surface area contributed by atoms with Crippen LogP contribution < -0.4 is 15.5 Å². The molecule has 6 nitrogen and oxygen atoms in total. The molecule has 2 amide bonds. The van der Waals surface area contributed by atoms with E-state index in [1.807, 2.05) is 32.9 Å². The molecule has 0 unspecified atom stereocenters. The molecule has 136 valence electrons. The fourth-order valence-electron chi connectivity index (χ4n) is 2.68. The third-order valence-electron chi connectivity index (χ3n) is 4.39. The smallest absolute Gasteiger partial charge is 0.226 e. The zero-order chi connectivity index (χ0) is 17.5. The van der Waals surface area contributed by atoms with E-state index in [-0.39, 0.29) is 20.6 Å². The summed E-state index contributed by atoms with van der Waals surface area (Å²) in [7, 11) is 0. The Hall–Kier alpha value is -2.11. The Morgan fingerprint density at radius 1 is 1.33 bits per heavy atom. The van der Waals surface area contributed by atoms with Gasteiger partial charge in [0, 0.05) is 34.8 Å². The number of carbonyl (C=O) groups excluding carboxylic acids is 2. The minimum Gasteiger partial charge on any atom is -0.357 e. The standard InChI is InChI=1S/C18H28N4O2.2H2/c1-4-17(23)20-11-14-7-9-22(10-8-14)16-6-5-15(12-19-16)21-18(24)13(2)3;;/h5-6,12-14H,4,7-11H2,1-3H3,(H,20,23)(H,21,24);2*1H. The quantitative estimate of drug-likeness (QED) is 0.837. The highest BCUT2D eigenvalue weighted by Crippen LogP contribution is 2.22. The summed E-state index contributed by atoms with van der Waals surface area (Å²) in [6.45, 7) is 8.26. The number of piperidine rings is 1. The van der Waals surface area contributed by atoms with Gasteiger partial charge in [-0.25, -0.2) is 4.98 Å². The van der Waals surface area contributed by atoms with Crippen molar-refractivity contribution in [2.75, 3.05) is 29.9 Å². The van der Waals surface area contributed by atoms with E-state index in [0.29, 0.717) is 12.3 Å². The summed E-state index contributed by atoms with van der Waals surface area (Å²) in [6.07, 6.45) is 4.36. The lowest BCUT2D eigenvalue weighted by molar-refractivity contribution is -0.121. The Morgan fingerprint density at radius 3 is 2.58 bits per heavy atom. The monoisotopic (exact) mass is 336 g/mol. The second-order valence-corrected chi connectivity index (χ2v) is 6.64. The lowest BCUT2D eigenvalue weighted by Gasteiger charge is -2.32. The van der Waals surface area contributed by atoms with Crippen LogP contribution in [0.1, 0.15) is 42.9 Å². The Morgan fingerprint density at radius 2 is 2.04 bits per heavy atom. The van der Waals surface area contributed by atoms with E-state index in [2.05, 4.69) is 20.5 Å². The van der Waals surface area contributed by atoms with Crippen molar-refractivity contribution in [3.05, 3.63) is 18.3 Å². The molecule has 0 atom stereocenters. The first-order chi connectivity index (χ1) is 11.5. The third-order valence-corrected chi connectivity index (χ3v) is 4.39. The number of hydrogen-bond donors (Lipinski definition) is 2. The predicted molar refractivity (Wildman–Crippen MR) is 100 cm³/mol.